The van der Waals surface area contributed by atoms with Gasteiger partial charge < -0.3 is 15.4 Å². The SMILES string of the molecule is CNC(=O)c1ccc(-n2ccc([N+](=O)[O-])n2)c([N+](=O)[O-])c1. The van der Waals surface area contributed by atoms with E-state index in [9.17, 15) is 25.0 Å². The van der Waals surface area contributed by atoms with E-state index in [4.69, 9.17) is 0 Å². The van der Waals surface area contributed by atoms with E-state index in [2.05, 4.69) is 10.4 Å². The van der Waals surface area contributed by atoms with Gasteiger partial charge in [0, 0.05) is 18.7 Å². The van der Waals surface area contributed by atoms with Crippen LogP contribution in [-0.4, -0.2) is 32.6 Å². The molecule has 1 aromatic carbocycles. The van der Waals surface area contributed by atoms with Crippen LogP contribution in [0, 0.1) is 20.2 Å². The Morgan fingerprint density at radius 3 is 2.48 bits per heavy atom. The minimum absolute atomic E-state index is 0.0285. The first-order chi connectivity index (χ1) is 9.93. The van der Waals surface area contributed by atoms with Crippen molar-refractivity contribution in [2.75, 3.05) is 7.05 Å². The highest BCUT2D eigenvalue weighted by atomic mass is 16.6. The number of carbonyl (C=O) groups is 1. The summed E-state index contributed by atoms with van der Waals surface area (Å²) in [6.45, 7) is 0. The van der Waals surface area contributed by atoms with Crippen molar-refractivity contribution in [3.05, 3.63) is 56.3 Å². The van der Waals surface area contributed by atoms with E-state index < -0.39 is 21.6 Å². The Morgan fingerprint density at radius 2 is 1.95 bits per heavy atom. The molecule has 2 aromatic rings. The summed E-state index contributed by atoms with van der Waals surface area (Å²) in [7, 11) is 1.40. The highest BCUT2D eigenvalue weighted by molar-refractivity contribution is 5.95. The van der Waals surface area contributed by atoms with Crippen LogP contribution in [0.1, 0.15) is 10.4 Å². The number of rotatable bonds is 4. The molecule has 0 saturated heterocycles. The molecule has 10 nitrogen and oxygen atoms in total. The lowest BCUT2D eigenvalue weighted by molar-refractivity contribution is -0.389. The van der Waals surface area contributed by atoms with Crippen molar-refractivity contribution in [2.45, 2.75) is 0 Å². The number of hydrogen-bond donors (Lipinski definition) is 1. The zero-order valence-corrected chi connectivity index (χ0v) is 10.7. The zero-order valence-electron chi connectivity index (χ0n) is 10.7. The molecule has 108 valence electrons. The Balaban J connectivity index is 2.54. The Bertz CT molecular complexity index is 738. The fraction of sp³-hybridized carbons (Fsp3) is 0.0909. The van der Waals surface area contributed by atoms with Crippen LogP contribution >= 0.6 is 0 Å². The second-order valence-corrected chi connectivity index (χ2v) is 3.92. The van der Waals surface area contributed by atoms with E-state index in [0.29, 0.717) is 0 Å². The molecule has 0 atom stereocenters. The van der Waals surface area contributed by atoms with E-state index in [0.717, 1.165) is 16.8 Å². The highest BCUT2D eigenvalue weighted by Gasteiger charge is 2.22. The van der Waals surface area contributed by atoms with E-state index in [-0.39, 0.29) is 16.9 Å². The molecule has 1 heterocycles. The van der Waals surface area contributed by atoms with Gasteiger partial charge >= 0.3 is 5.82 Å². The first kappa shape index (κ1) is 14.1. The van der Waals surface area contributed by atoms with Crippen molar-refractivity contribution < 1.29 is 14.6 Å². The molecule has 0 radical (unpaired) electrons. The lowest BCUT2D eigenvalue weighted by Gasteiger charge is -2.03. The first-order valence-corrected chi connectivity index (χ1v) is 5.65. The van der Waals surface area contributed by atoms with Gasteiger partial charge in [-0.3, -0.25) is 14.9 Å². The number of aromatic nitrogens is 2. The number of nitro groups is 2. The summed E-state index contributed by atoms with van der Waals surface area (Å²) in [6, 6.07) is 4.88. The topological polar surface area (TPSA) is 133 Å². The van der Waals surface area contributed by atoms with E-state index >= 15 is 0 Å². The Kier molecular flexibility index (Phi) is 3.61. The zero-order chi connectivity index (χ0) is 15.6. The predicted octanol–water partition coefficient (Wildman–Crippen LogP) is 1.05. The number of benzene rings is 1. The van der Waals surface area contributed by atoms with Crippen molar-refractivity contribution in [2.24, 2.45) is 0 Å². The normalized spacial score (nSPS) is 10.1. The van der Waals surface area contributed by atoms with Crippen molar-refractivity contribution in [1.82, 2.24) is 15.1 Å². The van der Waals surface area contributed by atoms with E-state index in [1.54, 1.807) is 0 Å². The molecule has 10 heteroatoms. The molecule has 0 fully saturated rings. The maximum atomic E-state index is 11.5. The van der Waals surface area contributed by atoms with Crippen LogP contribution in [0.15, 0.2) is 30.5 Å². The summed E-state index contributed by atoms with van der Waals surface area (Å²) in [6.07, 6.45) is 1.24. The maximum absolute atomic E-state index is 11.5. The molecule has 2 rings (SSSR count). The third-order valence-electron chi connectivity index (χ3n) is 2.67. The van der Waals surface area contributed by atoms with Crippen LogP contribution in [-0.2, 0) is 0 Å². The molecule has 1 N–H and O–H groups in total. The number of nitrogens with zero attached hydrogens (tertiary/aromatic N) is 4. The first-order valence-electron chi connectivity index (χ1n) is 5.65. The van der Waals surface area contributed by atoms with E-state index in [1.165, 1.54) is 25.4 Å². The predicted molar refractivity (Wildman–Crippen MR) is 70.3 cm³/mol. The van der Waals surface area contributed by atoms with Gasteiger partial charge in [0.2, 0.25) is 0 Å². The summed E-state index contributed by atoms with van der Waals surface area (Å²) in [5.41, 5.74) is -0.246. The van der Waals surface area contributed by atoms with Crippen LogP contribution < -0.4 is 5.32 Å². The summed E-state index contributed by atoms with van der Waals surface area (Å²) in [4.78, 5) is 31.8. The molecule has 0 aliphatic carbocycles. The third-order valence-corrected chi connectivity index (χ3v) is 2.67. The number of carbonyl (C=O) groups excluding carboxylic acids is 1. The molecule has 0 aliphatic rings. The Labute approximate surface area is 117 Å². The minimum atomic E-state index is -0.707. The summed E-state index contributed by atoms with van der Waals surface area (Å²) in [5, 5.41) is 27.7. The van der Waals surface area contributed by atoms with Crippen molar-refractivity contribution in [3.63, 3.8) is 0 Å². The summed E-state index contributed by atoms with van der Waals surface area (Å²) < 4.78 is 1.02. The number of nitrogens with one attached hydrogen (secondary N) is 1. The summed E-state index contributed by atoms with van der Waals surface area (Å²) >= 11 is 0. The molecule has 0 bridgehead atoms. The molecular weight excluding hydrogens is 282 g/mol. The number of hydrogen-bond acceptors (Lipinski definition) is 6. The quantitative estimate of drug-likeness (QED) is 0.661. The maximum Gasteiger partial charge on any atom is 0.390 e. The van der Waals surface area contributed by atoms with Gasteiger partial charge in [-0.05, 0) is 17.1 Å². The average molecular weight is 291 g/mol. The van der Waals surface area contributed by atoms with Gasteiger partial charge in [0.1, 0.15) is 0 Å². The molecule has 0 spiro atoms. The lowest BCUT2D eigenvalue weighted by atomic mass is 10.1. The van der Waals surface area contributed by atoms with Gasteiger partial charge in [-0.25, -0.2) is 0 Å². The summed E-state index contributed by atoms with van der Waals surface area (Å²) in [5.74, 6) is -0.907. The van der Waals surface area contributed by atoms with Crippen LogP contribution in [0.5, 0.6) is 0 Å². The largest absolute Gasteiger partial charge is 0.390 e. The minimum Gasteiger partial charge on any atom is -0.358 e. The smallest absolute Gasteiger partial charge is 0.358 e. The molecule has 1 amide bonds. The number of amides is 1. The van der Waals surface area contributed by atoms with Gasteiger partial charge in [0.25, 0.3) is 11.6 Å². The lowest BCUT2D eigenvalue weighted by Crippen LogP contribution is -2.18. The molecule has 21 heavy (non-hydrogen) atoms. The van der Waals surface area contributed by atoms with Gasteiger partial charge in [0.05, 0.1) is 22.3 Å². The van der Waals surface area contributed by atoms with Gasteiger partial charge in [-0.2, -0.15) is 0 Å². The van der Waals surface area contributed by atoms with E-state index in [1.807, 2.05) is 0 Å². The van der Waals surface area contributed by atoms with Gasteiger partial charge in [-0.1, -0.05) is 0 Å². The van der Waals surface area contributed by atoms with Gasteiger partial charge in [-0.15, -0.1) is 4.68 Å². The van der Waals surface area contributed by atoms with Crippen molar-refractivity contribution >= 4 is 17.4 Å². The van der Waals surface area contributed by atoms with Crippen LogP contribution in [0.4, 0.5) is 11.5 Å². The second kappa shape index (κ2) is 5.36. The molecule has 1 aromatic heterocycles. The second-order valence-electron chi connectivity index (χ2n) is 3.92. The molecule has 0 unspecified atom stereocenters. The van der Waals surface area contributed by atoms with Gasteiger partial charge in [0.15, 0.2) is 5.69 Å². The fourth-order valence-corrected chi connectivity index (χ4v) is 1.69. The monoisotopic (exact) mass is 291 g/mol. The average Bonchev–Trinajstić information content (AvgIpc) is 2.95. The van der Waals surface area contributed by atoms with Crippen LogP contribution in [0.25, 0.3) is 5.69 Å². The third kappa shape index (κ3) is 2.68. The molecule has 0 saturated carbocycles. The highest BCUT2D eigenvalue weighted by Crippen LogP contribution is 2.24. The Morgan fingerprint density at radius 1 is 1.24 bits per heavy atom. The van der Waals surface area contributed by atoms with Crippen LogP contribution in [0.2, 0.25) is 0 Å². The van der Waals surface area contributed by atoms with Crippen molar-refractivity contribution in [1.29, 1.82) is 0 Å². The Hall–Kier alpha value is -3.30. The fourth-order valence-electron chi connectivity index (χ4n) is 1.69. The number of nitro benzene ring substituents is 1. The van der Waals surface area contributed by atoms with Crippen LogP contribution in [0.3, 0.4) is 0 Å². The molecule has 0 aliphatic heterocycles. The standard InChI is InChI=1S/C11H9N5O5/c1-12-11(17)7-2-3-8(9(6-7)15(18)19)14-5-4-10(13-14)16(20)21/h2-6H,1H3,(H,12,17). The molecular formula is C11H9N5O5. The van der Waals surface area contributed by atoms with Crippen molar-refractivity contribution in [3.8, 4) is 5.69 Å².